The van der Waals surface area contributed by atoms with E-state index in [-0.39, 0.29) is 5.91 Å². The molecule has 6 heteroatoms. The predicted octanol–water partition coefficient (Wildman–Crippen LogP) is 5.96. The lowest BCUT2D eigenvalue weighted by atomic mass is 10.1. The second-order valence-corrected chi connectivity index (χ2v) is 7.16. The fourth-order valence-corrected chi connectivity index (χ4v) is 3.59. The maximum absolute atomic E-state index is 12.7. The molecule has 0 fully saturated rings. The van der Waals surface area contributed by atoms with Crippen molar-refractivity contribution in [2.24, 2.45) is 0 Å². The van der Waals surface area contributed by atoms with Crippen LogP contribution in [0.5, 0.6) is 0 Å². The van der Waals surface area contributed by atoms with E-state index in [0.29, 0.717) is 33.6 Å². The van der Waals surface area contributed by atoms with Crippen molar-refractivity contribution in [2.75, 3.05) is 4.90 Å². The Labute approximate surface area is 164 Å². The number of carbonyl (C=O) groups is 1. The highest BCUT2D eigenvalue weighted by Gasteiger charge is 2.28. The number of nitrogens with zero attached hydrogens (tertiary/aromatic N) is 2. The molecule has 1 aromatic heterocycles. The molecular formula is C21H12Cl2N2O2. The Kier molecular flexibility index (Phi) is 3.71. The van der Waals surface area contributed by atoms with Gasteiger partial charge in [0.05, 0.1) is 16.6 Å². The zero-order chi connectivity index (χ0) is 18.5. The van der Waals surface area contributed by atoms with Gasteiger partial charge in [-0.15, -0.1) is 0 Å². The van der Waals surface area contributed by atoms with Gasteiger partial charge in [0.15, 0.2) is 5.58 Å². The lowest BCUT2D eigenvalue weighted by Gasteiger charge is -2.15. The highest BCUT2D eigenvalue weighted by atomic mass is 35.5. The first-order valence-corrected chi connectivity index (χ1v) is 9.11. The van der Waals surface area contributed by atoms with Crippen molar-refractivity contribution in [3.05, 3.63) is 81.8 Å². The van der Waals surface area contributed by atoms with E-state index in [4.69, 9.17) is 27.6 Å². The van der Waals surface area contributed by atoms with Crippen LogP contribution in [-0.2, 0) is 6.54 Å². The van der Waals surface area contributed by atoms with Crippen molar-refractivity contribution in [1.82, 2.24) is 4.98 Å². The Morgan fingerprint density at radius 1 is 0.963 bits per heavy atom. The summed E-state index contributed by atoms with van der Waals surface area (Å²) >= 11 is 12.1. The number of hydrogen-bond acceptors (Lipinski definition) is 3. The number of fused-ring (bicyclic) bond motifs is 2. The molecule has 27 heavy (non-hydrogen) atoms. The number of benzene rings is 3. The van der Waals surface area contributed by atoms with E-state index in [1.165, 1.54) is 0 Å². The standard InChI is InChI=1S/C21H12Cl2N2O2/c22-16-7-5-12(9-17(16)23)20-24-18-8-6-14(10-19(18)27-20)25-11-13-3-1-2-4-15(13)21(25)26/h1-10H,11H2. The molecular weight excluding hydrogens is 383 g/mol. The molecule has 0 N–H and O–H groups in total. The fraction of sp³-hybridized carbons (Fsp3) is 0.0476. The van der Waals surface area contributed by atoms with Gasteiger partial charge in [-0.1, -0.05) is 41.4 Å². The van der Waals surface area contributed by atoms with Gasteiger partial charge in [-0.25, -0.2) is 4.98 Å². The molecule has 0 saturated carbocycles. The Hall–Kier alpha value is -2.82. The zero-order valence-corrected chi connectivity index (χ0v) is 15.5. The summed E-state index contributed by atoms with van der Waals surface area (Å²) in [5.74, 6) is 0.450. The van der Waals surface area contributed by atoms with Crippen LogP contribution >= 0.6 is 23.2 Å². The first-order chi connectivity index (χ1) is 13.1. The van der Waals surface area contributed by atoms with E-state index in [9.17, 15) is 4.79 Å². The Morgan fingerprint density at radius 2 is 1.81 bits per heavy atom. The van der Waals surface area contributed by atoms with Crippen LogP contribution < -0.4 is 4.90 Å². The summed E-state index contributed by atoms with van der Waals surface area (Å²) in [6, 6.07) is 18.5. The van der Waals surface area contributed by atoms with Gasteiger partial charge in [0.1, 0.15) is 5.52 Å². The highest BCUT2D eigenvalue weighted by Crippen LogP contribution is 2.33. The number of hydrogen-bond donors (Lipinski definition) is 0. The maximum atomic E-state index is 12.7. The van der Waals surface area contributed by atoms with Crippen molar-refractivity contribution >= 4 is 45.9 Å². The second kappa shape index (κ2) is 6.12. The lowest BCUT2D eigenvalue weighted by molar-refractivity contribution is 0.0996. The third kappa shape index (κ3) is 2.69. The van der Waals surface area contributed by atoms with Crippen molar-refractivity contribution in [2.45, 2.75) is 6.54 Å². The first-order valence-electron chi connectivity index (χ1n) is 8.36. The van der Waals surface area contributed by atoms with E-state index >= 15 is 0 Å². The summed E-state index contributed by atoms with van der Waals surface area (Å²) in [5, 5.41) is 0.920. The van der Waals surface area contributed by atoms with Gasteiger partial charge < -0.3 is 9.32 Å². The summed E-state index contributed by atoms with van der Waals surface area (Å²) in [6.45, 7) is 0.550. The lowest BCUT2D eigenvalue weighted by Crippen LogP contribution is -2.22. The molecule has 0 saturated heterocycles. The topological polar surface area (TPSA) is 46.3 Å². The number of carbonyl (C=O) groups excluding carboxylic acids is 1. The monoisotopic (exact) mass is 394 g/mol. The minimum Gasteiger partial charge on any atom is -0.436 e. The molecule has 1 aliphatic heterocycles. The van der Waals surface area contributed by atoms with E-state index < -0.39 is 0 Å². The van der Waals surface area contributed by atoms with Crippen LogP contribution in [0.1, 0.15) is 15.9 Å². The molecule has 4 nitrogen and oxygen atoms in total. The minimum atomic E-state index is -0.00540. The summed E-state index contributed by atoms with van der Waals surface area (Å²) in [6.07, 6.45) is 0. The minimum absolute atomic E-state index is 0.00540. The Morgan fingerprint density at radius 3 is 2.63 bits per heavy atom. The van der Waals surface area contributed by atoms with Gasteiger partial charge >= 0.3 is 0 Å². The van der Waals surface area contributed by atoms with E-state index in [1.54, 1.807) is 23.1 Å². The number of rotatable bonds is 2. The molecule has 0 bridgehead atoms. The number of halogens is 2. The van der Waals surface area contributed by atoms with Crippen LogP contribution in [0.2, 0.25) is 10.0 Å². The molecule has 0 atom stereocenters. The van der Waals surface area contributed by atoms with Crippen LogP contribution in [-0.4, -0.2) is 10.9 Å². The average molecular weight is 395 g/mol. The molecule has 5 rings (SSSR count). The predicted molar refractivity (Wildman–Crippen MR) is 106 cm³/mol. The van der Waals surface area contributed by atoms with Crippen LogP contribution in [0.15, 0.2) is 65.1 Å². The number of oxazole rings is 1. The van der Waals surface area contributed by atoms with E-state index in [1.807, 2.05) is 42.5 Å². The van der Waals surface area contributed by atoms with Gasteiger partial charge in [-0.3, -0.25) is 4.79 Å². The SMILES string of the molecule is O=C1c2ccccc2CN1c1ccc2nc(-c3ccc(Cl)c(Cl)c3)oc2c1. The maximum Gasteiger partial charge on any atom is 0.258 e. The Balaban J connectivity index is 1.53. The van der Waals surface area contributed by atoms with Gasteiger partial charge in [-0.05, 0) is 42.0 Å². The molecule has 1 amide bonds. The zero-order valence-electron chi connectivity index (χ0n) is 13.9. The molecule has 0 spiro atoms. The van der Waals surface area contributed by atoms with Gasteiger partial charge in [0, 0.05) is 22.9 Å². The third-order valence-corrected chi connectivity index (χ3v) is 5.41. The van der Waals surface area contributed by atoms with Gasteiger partial charge in [0.2, 0.25) is 5.89 Å². The summed E-state index contributed by atoms with van der Waals surface area (Å²) in [7, 11) is 0. The van der Waals surface area contributed by atoms with Crippen LogP contribution in [0.3, 0.4) is 0 Å². The second-order valence-electron chi connectivity index (χ2n) is 6.35. The van der Waals surface area contributed by atoms with Crippen molar-refractivity contribution in [3.63, 3.8) is 0 Å². The van der Waals surface area contributed by atoms with Crippen LogP contribution in [0.25, 0.3) is 22.6 Å². The largest absolute Gasteiger partial charge is 0.436 e. The van der Waals surface area contributed by atoms with Crippen molar-refractivity contribution in [1.29, 1.82) is 0 Å². The summed E-state index contributed by atoms with van der Waals surface area (Å²) in [4.78, 5) is 18.9. The number of aromatic nitrogens is 1. The van der Waals surface area contributed by atoms with Gasteiger partial charge in [-0.2, -0.15) is 0 Å². The molecule has 4 aromatic rings. The van der Waals surface area contributed by atoms with Crippen LogP contribution in [0.4, 0.5) is 5.69 Å². The molecule has 1 aliphatic rings. The Bertz CT molecular complexity index is 1220. The number of amides is 1. The van der Waals surface area contributed by atoms with E-state index in [2.05, 4.69) is 4.98 Å². The highest BCUT2D eigenvalue weighted by molar-refractivity contribution is 6.42. The van der Waals surface area contributed by atoms with Crippen LogP contribution in [0, 0.1) is 0 Å². The molecule has 0 radical (unpaired) electrons. The molecule has 3 aromatic carbocycles. The van der Waals surface area contributed by atoms with E-state index in [0.717, 1.165) is 22.4 Å². The molecule has 132 valence electrons. The summed E-state index contributed by atoms with van der Waals surface area (Å²) < 4.78 is 5.91. The normalized spacial score (nSPS) is 13.4. The molecule has 0 aliphatic carbocycles. The third-order valence-electron chi connectivity index (χ3n) is 4.67. The smallest absolute Gasteiger partial charge is 0.258 e. The van der Waals surface area contributed by atoms with Crippen molar-refractivity contribution in [3.8, 4) is 11.5 Å². The molecule has 0 unspecified atom stereocenters. The average Bonchev–Trinajstić information content (AvgIpc) is 3.25. The number of anilines is 1. The summed E-state index contributed by atoms with van der Waals surface area (Å²) in [5.41, 5.74) is 4.61. The molecule has 2 heterocycles. The fourth-order valence-electron chi connectivity index (χ4n) is 3.30. The van der Waals surface area contributed by atoms with Gasteiger partial charge in [0.25, 0.3) is 5.91 Å². The quantitative estimate of drug-likeness (QED) is 0.421. The van der Waals surface area contributed by atoms with Crippen molar-refractivity contribution < 1.29 is 9.21 Å². The first kappa shape index (κ1) is 16.4.